The molecule has 8 heteroatoms. The molecule has 0 saturated carbocycles. The number of rotatable bonds is 9. The quantitative estimate of drug-likeness (QED) is 0.313. The van der Waals surface area contributed by atoms with Gasteiger partial charge in [0.2, 0.25) is 5.91 Å². The summed E-state index contributed by atoms with van der Waals surface area (Å²) >= 11 is 0. The molecule has 0 saturated heterocycles. The van der Waals surface area contributed by atoms with Crippen LogP contribution in [0.5, 0.6) is 5.75 Å². The average molecular weight is 492 g/mol. The maximum atomic E-state index is 11.8. The summed E-state index contributed by atoms with van der Waals surface area (Å²) in [5, 5.41) is 6.50. The largest absolute Gasteiger partial charge is 0.497 e. The highest BCUT2D eigenvalue weighted by Gasteiger charge is 2.16. The maximum absolute atomic E-state index is 11.8. The molecule has 0 unspecified atom stereocenters. The van der Waals surface area contributed by atoms with Crippen LogP contribution in [0.3, 0.4) is 0 Å². The molecule has 0 atom stereocenters. The van der Waals surface area contributed by atoms with Gasteiger partial charge in [-0.2, -0.15) is 0 Å². The van der Waals surface area contributed by atoms with Crippen molar-refractivity contribution in [1.82, 2.24) is 15.5 Å². The third-order valence-corrected chi connectivity index (χ3v) is 3.97. The molecule has 1 aromatic rings. The topological polar surface area (TPSA) is 75.2 Å². The maximum Gasteiger partial charge on any atom is 0.243 e. The highest BCUT2D eigenvalue weighted by atomic mass is 127. The minimum absolute atomic E-state index is 0. The number of halogens is 1. The fourth-order valence-corrected chi connectivity index (χ4v) is 1.95. The van der Waals surface area contributed by atoms with Crippen LogP contribution in [0.25, 0.3) is 0 Å². The summed E-state index contributed by atoms with van der Waals surface area (Å²) in [5.74, 6) is 1.39. The molecule has 27 heavy (non-hydrogen) atoms. The van der Waals surface area contributed by atoms with Crippen molar-refractivity contribution in [2.45, 2.75) is 25.9 Å². The molecule has 0 fully saturated rings. The van der Waals surface area contributed by atoms with Crippen LogP contribution in [0.15, 0.2) is 29.3 Å². The Labute approximate surface area is 179 Å². The van der Waals surface area contributed by atoms with Gasteiger partial charge in [-0.1, -0.05) is 12.1 Å². The molecule has 2 N–H and O–H groups in total. The lowest BCUT2D eigenvalue weighted by Gasteiger charge is -2.24. The second-order valence-electron chi connectivity index (χ2n) is 6.80. The predicted molar refractivity (Wildman–Crippen MR) is 120 cm³/mol. The summed E-state index contributed by atoms with van der Waals surface area (Å²) in [6, 6.07) is 7.96. The Hall–Kier alpha value is -1.55. The fraction of sp³-hybridized carbons (Fsp3) is 0.579. The first-order valence-electron chi connectivity index (χ1n) is 8.68. The number of guanidine groups is 1. The van der Waals surface area contributed by atoms with Crippen LogP contribution in [0.1, 0.15) is 19.4 Å². The third-order valence-electron chi connectivity index (χ3n) is 3.97. The van der Waals surface area contributed by atoms with Gasteiger partial charge in [-0.3, -0.25) is 4.79 Å². The molecule has 1 amide bonds. The van der Waals surface area contributed by atoms with Crippen LogP contribution in [0.4, 0.5) is 0 Å². The van der Waals surface area contributed by atoms with Crippen molar-refractivity contribution in [1.29, 1.82) is 0 Å². The van der Waals surface area contributed by atoms with E-state index in [-0.39, 0.29) is 42.0 Å². The Kier molecular flexibility index (Phi) is 12.0. The summed E-state index contributed by atoms with van der Waals surface area (Å²) in [6.45, 7) is 5.34. The lowest BCUT2D eigenvalue weighted by molar-refractivity contribution is -0.127. The van der Waals surface area contributed by atoms with Crippen molar-refractivity contribution in [2.24, 2.45) is 4.99 Å². The van der Waals surface area contributed by atoms with Gasteiger partial charge >= 0.3 is 0 Å². The number of hydrogen-bond donors (Lipinski definition) is 2. The first-order valence-corrected chi connectivity index (χ1v) is 8.68. The van der Waals surface area contributed by atoms with Crippen LogP contribution in [-0.2, 0) is 16.0 Å². The number of carbonyl (C=O) groups excluding carboxylic acids is 1. The van der Waals surface area contributed by atoms with E-state index in [1.807, 2.05) is 38.1 Å². The van der Waals surface area contributed by atoms with E-state index in [2.05, 4.69) is 15.6 Å². The van der Waals surface area contributed by atoms with E-state index < -0.39 is 0 Å². The molecular weight excluding hydrogens is 459 g/mol. The summed E-state index contributed by atoms with van der Waals surface area (Å²) < 4.78 is 10.6. The van der Waals surface area contributed by atoms with Crippen molar-refractivity contribution in [3.05, 3.63) is 29.8 Å². The Bertz CT molecular complexity index is 589. The third kappa shape index (κ3) is 10.4. The summed E-state index contributed by atoms with van der Waals surface area (Å²) in [5.41, 5.74) is 0.864. The van der Waals surface area contributed by atoms with E-state index in [0.717, 1.165) is 12.2 Å². The molecule has 0 heterocycles. The van der Waals surface area contributed by atoms with Crippen LogP contribution < -0.4 is 15.4 Å². The number of hydrogen-bond acceptors (Lipinski definition) is 4. The van der Waals surface area contributed by atoms with E-state index in [1.54, 1.807) is 28.3 Å². The van der Waals surface area contributed by atoms with Crippen molar-refractivity contribution < 1.29 is 14.3 Å². The molecule has 0 aromatic heterocycles. The van der Waals surface area contributed by atoms with Gasteiger partial charge in [-0.25, -0.2) is 4.99 Å². The molecule has 1 rings (SSSR count). The molecule has 0 spiro atoms. The number of methoxy groups -OCH3 is 2. The van der Waals surface area contributed by atoms with Gasteiger partial charge in [-0.15, -0.1) is 24.0 Å². The van der Waals surface area contributed by atoms with Crippen LogP contribution in [0, 0.1) is 0 Å². The molecular formula is C19H33IN4O3. The summed E-state index contributed by atoms with van der Waals surface area (Å²) in [4.78, 5) is 17.7. The van der Waals surface area contributed by atoms with Gasteiger partial charge in [0.05, 0.1) is 12.7 Å². The number of nitrogens with one attached hydrogen (secondary N) is 2. The van der Waals surface area contributed by atoms with E-state index in [0.29, 0.717) is 19.0 Å². The van der Waals surface area contributed by atoms with Gasteiger partial charge < -0.3 is 25.0 Å². The molecule has 154 valence electrons. The number of aliphatic imine (C=N–C) groups is 1. The Morgan fingerprint density at radius 3 is 2.30 bits per heavy atom. The molecule has 1 aromatic carbocycles. The lowest BCUT2D eigenvalue weighted by atomic mass is 10.1. The first kappa shape index (κ1) is 25.4. The molecule has 7 nitrogen and oxygen atoms in total. The smallest absolute Gasteiger partial charge is 0.243 e. The molecule has 0 aliphatic heterocycles. The average Bonchev–Trinajstić information content (AvgIpc) is 2.63. The number of ether oxygens (including phenoxy) is 2. The van der Waals surface area contributed by atoms with Crippen molar-refractivity contribution in [3.8, 4) is 5.75 Å². The highest BCUT2D eigenvalue weighted by molar-refractivity contribution is 14.0. The van der Waals surface area contributed by atoms with Crippen molar-refractivity contribution >= 4 is 35.8 Å². The zero-order chi connectivity index (χ0) is 19.6. The van der Waals surface area contributed by atoms with E-state index in [4.69, 9.17) is 9.47 Å². The Morgan fingerprint density at radius 2 is 1.78 bits per heavy atom. The molecule has 0 bridgehead atoms. The number of amides is 1. The van der Waals surface area contributed by atoms with Crippen LogP contribution in [0.2, 0.25) is 0 Å². The van der Waals surface area contributed by atoms with E-state index >= 15 is 0 Å². The van der Waals surface area contributed by atoms with E-state index in [1.165, 1.54) is 10.5 Å². The van der Waals surface area contributed by atoms with Crippen molar-refractivity contribution in [3.63, 3.8) is 0 Å². The van der Waals surface area contributed by atoms with Crippen LogP contribution >= 0.6 is 24.0 Å². The molecule has 0 radical (unpaired) electrons. The second-order valence-corrected chi connectivity index (χ2v) is 6.80. The van der Waals surface area contributed by atoms with E-state index in [9.17, 15) is 4.79 Å². The van der Waals surface area contributed by atoms with Gasteiger partial charge in [0, 0.05) is 34.3 Å². The fourth-order valence-electron chi connectivity index (χ4n) is 1.95. The number of benzene rings is 1. The van der Waals surface area contributed by atoms with Gasteiger partial charge in [0.15, 0.2) is 5.96 Å². The standard InChI is InChI=1S/C19H32N4O3.HI/c1-19(2,26-6)14-22-18(21-13-17(24)23(3)4)20-12-11-15-7-9-16(25-5)10-8-15;/h7-10H,11-14H2,1-6H3,(H2,20,21,22);1H. The van der Waals surface area contributed by atoms with Gasteiger partial charge in [0.25, 0.3) is 0 Å². The zero-order valence-electron chi connectivity index (χ0n) is 17.2. The minimum Gasteiger partial charge on any atom is -0.497 e. The SMILES string of the molecule is COc1ccc(CCNC(=NCC(=O)N(C)C)NCC(C)(C)OC)cc1.I. The Morgan fingerprint density at radius 1 is 1.15 bits per heavy atom. The zero-order valence-corrected chi connectivity index (χ0v) is 19.5. The normalized spacial score (nSPS) is 11.4. The Balaban J connectivity index is 0.00000676. The molecule has 0 aliphatic carbocycles. The molecule has 0 aliphatic rings. The minimum atomic E-state index is -0.329. The predicted octanol–water partition coefficient (Wildman–Crippen LogP) is 1.90. The highest BCUT2D eigenvalue weighted by Crippen LogP contribution is 2.11. The summed E-state index contributed by atoms with van der Waals surface area (Å²) in [7, 11) is 6.76. The van der Waals surface area contributed by atoms with Gasteiger partial charge in [0.1, 0.15) is 12.3 Å². The first-order chi connectivity index (χ1) is 12.3. The number of nitrogens with zero attached hydrogens (tertiary/aromatic N) is 2. The second kappa shape index (κ2) is 12.8. The lowest BCUT2D eigenvalue weighted by Crippen LogP contribution is -2.46. The summed E-state index contributed by atoms with van der Waals surface area (Å²) in [6.07, 6.45) is 0.833. The van der Waals surface area contributed by atoms with Crippen molar-refractivity contribution in [2.75, 3.05) is 47.9 Å². The monoisotopic (exact) mass is 492 g/mol. The number of carbonyl (C=O) groups is 1. The van der Waals surface area contributed by atoms with Crippen LogP contribution in [-0.4, -0.2) is 70.3 Å². The number of likely N-dealkylation sites (N-methyl/N-ethyl adjacent to an activating group) is 1. The van der Waals surface area contributed by atoms with Gasteiger partial charge in [-0.05, 0) is 38.0 Å².